The molecular weight excluding hydrogens is 150 g/mol. The van der Waals surface area contributed by atoms with Crippen molar-refractivity contribution in [1.29, 1.82) is 0 Å². The van der Waals surface area contributed by atoms with Crippen LogP contribution in [0.25, 0.3) is 0 Å². The Bertz CT molecular complexity index is 150. The van der Waals surface area contributed by atoms with Crippen LogP contribution < -0.4 is 5.73 Å². The first-order valence-corrected chi connectivity index (χ1v) is 4.95. The molecule has 1 atom stereocenters. The van der Waals surface area contributed by atoms with Crippen LogP contribution in [-0.4, -0.2) is 11.8 Å². The third kappa shape index (κ3) is 2.94. The SMILES string of the molecule is CC(=O)CC(N)C1CCCCC1. The van der Waals surface area contributed by atoms with Crippen molar-refractivity contribution in [3.8, 4) is 0 Å². The molecule has 1 unspecified atom stereocenters. The summed E-state index contributed by atoms with van der Waals surface area (Å²) < 4.78 is 0. The maximum absolute atomic E-state index is 10.8. The molecule has 0 heterocycles. The molecule has 0 aromatic carbocycles. The van der Waals surface area contributed by atoms with Crippen molar-refractivity contribution in [2.75, 3.05) is 0 Å². The van der Waals surface area contributed by atoms with Crippen LogP contribution in [0.5, 0.6) is 0 Å². The molecule has 1 aliphatic rings. The Labute approximate surface area is 74.5 Å². The molecule has 0 bridgehead atoms. The Kier molecular flexibility index (Phi) is 3.73. The number of hydrogen-bond acceptors (Lipinski definition) is 2. The summed E-state index contributed by atoms with van der Waals surface area (Å²) in [7, 11) is 0. The first-order chi connectivity index (χ1) is 5.70. The number of Topliss-reactive ketones (excluding diaryl/α,β-unsaturated/α-hetero) is 1. The van der Waals surface area contributed by atoms with Crippen LogP contribution in [0.15, 0.2) is 0 Å². The largest absolute Gasteiger partial charge is 0.327 e. The van der Waals surface area contributed by atoms with Crippen molar-refractivity contribution in [1.82, 2.24) is 0 Å². The maximum atomic E-state index is 10.8. The molecule has 0 spiro atoms. The smallest absolute Gasteiger partial charge is 0.131 e. The quantitative estimate of drug-likeness (QED) is 0.701. The van der Waals surface area contributed by atoms with E-state index in [-0.39, 0.29) is 11.8 Å². The minimum atomic E-state index is 0.128. The summed E-state index contributed by atoms with van der Waals surface area (Å²) in [6, 6.07) is 0.128. The first kappa shape index (κ1) is 9.72. The number of carbonyl (C=O) groups is 1. The second-order valence-electron chi connectivity index (χ2n) is 3.97. The molecule has 2 N–H and O–H groups in total. The monoisotopic (exact) mass is 169 g/mol. The van der Waals surface area contributed by atoms with E-state index in [9.17, 15) is 4.79 Å². The Morgan fingerprint density at radius 1 is 1.42 bits per heavy atom. The number of rotatable bonds is 3. The lowest BCUT2D eigenvalue weighted by molar-refractivity contribution is -0.117. The van der Waals surface area contributed by atoms with Crippen LogP contribution in [-0.2, 0) is 4.79 Å². The minimum Gasteiger partial charge on any atom is -0.327 e. The lowest BCUT2D eigenvalue weighted by Gasteiger charge is -2.26. The van der Waals surface area contributed by atoms with E-state index in [0.717, 1.165) is 0 Å². The molecule has 2 nitrogen and oxygen atoms in total. The fourth-order valence-corrected chi connectivity index (χ4v) is 2.06. The average molecular weight is 169 g/mol. The van der Waals surface area contributed by atoms with Crippen molar-refractivity contribution in [2.45, 2.75) is 51.5 Å². The van der Waals surface area contributed by atoms with Crippen LogP contribution in [0.4, 0.5) is 0 Å². The van der Waals surface area contributed by atoms with Crippen LogP contribution in [0.1, 0.15) is 45.4 Å². The topological polar surface area (TPSA) is 43.1 Å². The highest BCUT2D eigenvalue weighted by atomic mass is 16.1. The van der Waals surface area contributed by atoms with Gasteiger partial charge in [-0.05, 0) is 25.7 Å². The molecule has 0 aromatic rings. The van der Waals surface area contributed by atoms with Gasteiger partial charge in [-0.2, -0.15) is 0 Å². The molecule has 70 valence electrons. The summed E-state index contributed by atoms with van der Waals surface area (Å²) in [5.74, 6) is 0.843. The van der Waals surface area contributed by atoms with Crippen molar-refractivity contribution in [3.63, 3.8) is 0 Å². The normalized spacial score (nSPS) is 22.2. The molecule has 1 fully saturated rings. The highest BCUT2D eigenvalue weighted by Gasteiger charge is 2.20. The van der Waals surface area contributed by atoms with Gasteiger partial charge >= 0.3 is 0 Å². The zero-order valence-electron chi connectivity index (χ0n) is 7.88. The Hall–Kier alpha value is -0.370. The second-order valence-corrected chi connectivity index (χ2v) is 3.97. The van der Waals surface area contributed by atoms with E-state index in [0.29, 0.717) is 12.3 Å². The average Bonchev–Trinajstić information content (AvgIpc) is 2.05. The second kappa shape index (κ2) is 4.61. The standard InChI is InChI=1S/C10H19NO/c1-8(12)7-10(11)9-5-3-2-4-6-9/h9-10H,2-7,11H2,1H3. The van der Waals surface area contributed by atoms with E-state index in [1.807, 2.05) is 0 Å². The first-order valence-electron chi connectivity index (χ1n) is 4.95. The summed E-state index contributed by atoms with van der Waals surface area (Å²) >= 11 is 0. The van der Waals surface area contributed by atoms with E-state index >= 15 is 0 Å². The van der Waals surface area contributed by atoms with Crippen molar-refractivity contribution >= 4 is 5.78 Å². The molecule has 12 heavy (non-hydrogen) atoms. The van der Waals surface area contributed by atoms with E-state index < -0.39 is 0 Å². The number of nitrogens with two attached hydrogens (primary N) is 1. The van der Waals surface area contributed by atoms with Gasteiger partial charge in [0, 0.05) is 12.5 Å². The Morgan fingerprint density at radius 2 is 2.00 bits per heavy atom. The summed E-state index contributed by atoms with van der Waals surface area (Å²) in [5.41, 5.74) is 5.93. The summed E-state index contributed by atoms with van der Waals surface area (Å²) in [6.07, 6.45) is 6.99. The molecule has 0 aliphatic heterocycles. The fraction of sp³-hybridized carbons (Fsp3) is 0.900. The summed E-state index contributed by atoms with van der Waals surface area (Å²) in [4.78, 5) is 10.8. The van der Waals surface area contributed by atoms with Crippen LogP contribution in [0, 0.1) is 5.92 Å². The molecule has 0 saturated heterocycles. The molecule has 2 heteroatoms. The van der Waals surface area contributed by atoms with Gasteiger partial charge in [-0.1, -0.05) is 19.3 Å². The van der Waals surface area contributed by atoms with Gasteiger partial charge in [0.1, 0.15) is 5.78 Å². The Morgan fingerprint density at radius 3 is 2.50 bits per heavy atom. The summed E-state index contributed by atoms with van der Waals surface area (Å²) in [6.45, 7) is 1.63. The maximum Gasteiger partial charge on any atom is 0.131 e. The van der Waals surface area contributed by atoms with E-state index in [1.165, 1.54) is 32.1 Å². The highest BCUT2D eigenvalue weighted by Crippen LogP contribution is 2.26. The van der Waals surface area contributed by atoms with Crippen LogP contribution in [0.3, 0.4) is 0 Å². The zero-order valence-corrected chi connectivity index (χ0v) is 7.88. The number of ketones is 1. The lowest BCUT2D eigenvalue weighted by atomic mass is 9.83. The zero-order chi connectivity index (χ0) is 8.97. The molecule has 1 aliphatic carbocycles. The van der Waals surface area contributed by atoms with Gasteiger partial charge in [0.2, 0.25) is 0 Å². The van der Waals surface area contributed by atoms with Crippen LogP contribution >= 0.6 is 0 Å². The van der Waals surface area contributed by atoms with Gasteiger partial charge in [-0.15, -0.1) is 0 Å². The number of hydrogen-bond donors (Lipinski definition) is 1. The van der Waals surface area contributed by atoms with Gasteiger partial charge in [0.05, 0.1) is 0 Å². The predicted molar refractivity (Wildman–Crippen MR) is 49.8 cm³/mol. The third-order valence-corrected chi connectivity index (χ3v) is 2.78. The van der Waals surface area contributed by atoms with Crippen molar-refractivity contribution in [3.05, 3.63) is 0 Å². The molecule has 0 amide bonds. The molecule has 0 radical (unpaired) electrons. The van der Waals surface area contributed by atoms with Gasteiger partial charge in [-0.3, -0.25) is 4.79 Å². The fourth-order valence-electron chi connectivity index (χ4n) is 2.06. The van der Waals surface area contributed by atoms with Crippen LogP contribution in [0.2, 0.25) is 0 Å². The summed E-state index contributed by atoms with van der Waals surface area (Å²) in [5, 5.41) is 0. The number of carbonyl (C=O) groups excluding carboxylic acids is 1. The van der Waals surface area contributed by atoms with Crippen molar-refractivity contribution < 1.29 is 4.79 Å². The molecule has 0 aromatic heterocycles. The lowest BCUT2D eigenvalue weighted by Crippen LogP contribution is -2.33. The van der Waals surface area contributed by atoms with E-state index in [1.54, 1.807) is 6.92 Å². The van der Waals surface area contributed by atoms with E-state index in [2.05, 4.69) is 0 Å². The van der Waals surface area contributed by atoms with Gasteiger partial charge in [0.25, 0.3) is 0 Å². The van der Waals surface area contributed by atoms with Gasteiger partial charge < -0.3 is 5.73 Å². The van der Waals surface area contributed by atoms with E-state index in [4.69, 9.17) is 5.73 Å². The van der Waals surface area contributed by atoms with Crippen molar-refractivity contribution in [2.24, 2.45) is 11.7 Å². The molecular formula is C10H19NO. The highest BCUT2D eigenvalue weighted by molar-refractivity contribution is 5.76. The third-order valence-electron chi connectivity index (χ3n) is 2.78. The van der Waals surface area contributed by atoms with Gasteiger partial charge in [-0.25, -0.2) is 0 Å². The van der Waals surface area contributed by atoms with Gasteiger partial charge in [0.15, 0.2) is 0 Å². The molecule has 1 saturated carbocycles. The Balaban J connectivity index is 2.29. The minimum absolute atomic E-state index is 0.128. The predicted octanol–water partition coefficient (Wildman–Crippen LogP) is 1.87. The molecule has 1 rings (SSSR count).